The highest BCUT2D eigenvalue weighted by atomic mass is 32.1. The van der Waals surface area contributed by atoms with Crippen molar-refractivity contribution in [1.82, 2.24) is 14.8 Å². The van der Waals surface area contributed by atoms with Crippen LogP contribution in [0.1, 0.15) is 19.9 Å². The Morgan fingerprint density at radius 2 is 2.36 bits per heavy atom. The molecule has 0 fully saturated rings. The topological polar surface area (TPSA) is 69.0 Å². The van der Waals surface area contributed by atoms with Crippen LogP contribution in [-0.4, -0.2) is 27.3 Å². The molecule has 0 radical (unpaired) electrons. The molecule has 3 aromatic rings. The third kappa shape index (κ3) is 2.94. The Labute approximate surface area is 131 Å². The van der Waals surface area contributed by atoms with E-state index in [9.17, 15) is 4.79 Å². The lowest BCUT2D eigenvalue weighted by Gasteiger charge is -2.10. The summed E-state index contributed by atoms with van der Waals surface area (Å²) in [6, 6.07) is 7.10. The zero-order valence-electron chi connectivity index (χ0n) is 12.3. The van der Waals surface area contributed by atoms with E-state index < -0.39 is 0 Å². The lowest BCUT2D eigenvalue weighted by Crippen LogP contribution is -2.23. The second-order valence-electron chi connectivity index (χ2n) is 4.73. The van der Waals surface area contributed by atoms with E-state index in [1.807, 2.05) is 25.1 Å². The van der Waals surface area contributed by atoms with Crippen molar-refractivity contribution in [3.63, 3.8) is 0 Å². The Morgan fingerprint density at radius 1 is 1.50 bits per heavy atom. The first-order valence-corrected chi connectivity index (χ1v) is 7.82. The van der Waals surface area contributed by atoms with Gasteiger partial charge in [0, 0.05) is 12.4 Å². The Kier molecular flexibility index (Phi) is 4.06. The maximum atomic E-state index is 12.2. The zero-order chi connectivity index (χ0) is 15.5. The molecule has 0 aliphatic rings. The highest BCUT2D eigenvalue weighted by Crippen LogP contribution is 2.29. The molecule has 22 heavy (non-hydrogen) atoms. The first-order chi connectivity index (χ1) is 10.7. The fraction of sp³-hybridized carbons (Fsp3) is 0.267. The number of rotatable bonds is 5. The second kappa shape index (κ2) is 6.15. The Balaban J connectivity index is 1.77. The van der Waals surface area contributed by atoms with Gasteiger partial charge >= 0.3 is 0 Å². The van der Waals surface area contributed by atoms with Crippen molar-refractivity contribution >= 4 is 32.6 Å². The summed E-state index contributed by atoms with van der Waals surface area (Å²) in [6.07, 6.45) is 3.41. The van der Waals surface area contributed by atoms with E-state index in [0.717, 1.165) is 16.0 Å². The van der Waals surface area contributed by atoms with Gasteiger partial charge in [-0.05, 0) is 38.1 Å². The first-order valence-electron chi connectivity index (χ1n) is 7.00. The molecule has 0 bridgehead atoms. The molecule has 0 saturated carbocycles. The highest BCUT2D eigenvalue weighted by Gasteiger charge is 2.17. The SMILES string of the molecule is CCOc1ccc2nc(NC(=O)[C@H](C)n3cccn3)sc2c1. The monoisotopic (exact) mass is 316 g/mol. The Morgan fingerprint density at radius 3 is 3.09 bits per heavy atom. The highest BCUT2D eigenvalue weighted by molar-refractivity contribution is 7.22. The summed E-state index contributed by atoms with van der Waals surface area (Å²) in [6.45, 7) is 4.36. The number of nitrogens with zero attached hydrogens (tertiary/aromatic N) is 3. The number of amides is 1. The van der Waals surface area contributed by atoms with Crippen LogP contribution >= 0.6 is 11.3 Å². The molecular weight excluding hydrogens is 300 g/mol. The number of fused-ring (bicyclic) bond motifs is 1. The summed E-state index contributed by atoms with van der Waals surface area (Å²) in [5.74, 6) is 0.661. The number of anilines is 1. The average molecular weight is 316 g/mol. The summed E-state index contributed by atoms with van der Waals surface area (Å²) < 4.78 is 8.06. The molecule has 0 saturated heterocycles. The fourth-order valence-corrected chi connectivity index (χ4v) is 2.95. The number of nitrogens with one attached hydrogen (secondary N) is 1. The molecule has 0 spiro atoms. The van der Waals surface area contributed by atoms with Crippen LogP contribution < -0.4 is 10.1 Å². The molecular formula is C15H16N4O2S. The molecule has 2 aromatic heterocycles. The van der Waals surface area contributed by atoms with Gasteiger partial charge in [0.05, 0.1) is 16.8 Å². The minimum atomic E-state index is -0.388. The molecule has 1 aromatic carbocycles. The minimum absolute atomic E-state index is 0.146. The molecule has 6 nitrogen and oxygen atoms in total. The summed E-state index contributed by atoms with van der Waals surface area (Å²) in [7, 11) is 0. The van der Waals surface area contributed by atoms with Gasteiger partial charge in [-0.25, -0.2) is 4.98 Å². The van der Waals surface area contributed by atoms with E-state index >= 15 is 0 Å². The van der Waals surface area contributed by atoms with Crippen LogP contribution in [0.4, 0.5) is 5.13 Å². The maximum Gasteiger partial charge on any atom is 0.250 e. The van der Waals surface area contributed by atoms with E-state index in [0.29, 0.717) is 11.7 Å². The van der Waals surface area contributed by atoms with Crippen molar-refractivity contribution < 1.29 is 9.53 Å². The number of carbonyl (C=O) groups excluding carboxylic acids is 1. The van der Waals surface area contributed by atoms with Crippen molar-refractivity contribution in [2.75, 3.05) is 11.9 Å². The quantitative estimate of drug-likeness (QED) is 0.785. The lowest BCUT2D eigenvalue weighted by molar-refractivity contribution is -0.119. The van der Waals surface area contributed by atoms with Crippen molar-refractivity contribution in [3.8, 4) is 5.75 Å². The van der Waals surface area contributed by atoms with Gasteiger partial charge < -0.3 is 10.1 Å². The smallest absolute Gasteiger partial charge is 0.250 e. The van der Waals surface area contributed by atoms with Gasteiger partial charge in [0.1, 0.15) is 11.8 Å². The van der Waals surface area contributed by atoms with Crippen LogP contribution in [0.5, 0.6) is 5.75 Å². The average Bonchev–Trinajstić information content (AvgIpc) is 3.15. The predicted octanol–water partition coefficient (Wildman–Crippen LogP) is 3.09. The number of carbonyl (C=O) groups is 1. The van der Waals surface area contributed by atoms with Gasteiger partial charge in [0.25, 0.3) is 5.91 Å². The predicted molar refractivity (Wildman–Crippen MR) is 86.4 cm³/mol. The van der Waals surface area contributed by atoms with Crippen molar-refractivity contribution in [1.29, 1.82) is 0 Å². The Bertz CT molecular complexity index is 782. The van der Waals surface area contributed by atoms with Crippen molar-refractivity contribution in [2.24, 2.45) is 0 Å². The molecule has 7 heteroatoms. The molecule has 0 aliphatic heterocycles. The van der Waals surface area contributed by atoms with Gasteiger partial charge in [0.2, 0.25) is 0 Å². The Hall–Kier alpha value is -2.41. The molecule has 1 amide bonds. The normalized spacial score (nSPS) is 12.3. The number of ether oxygens (including phenoxy) is 1. The van der Waals surface area contributed by atoms with E-state index in [-0.39, 0.29) is 11.9 Å². The third-order valence-corrected chi connectivity index (χ3v) is 4.14. The number of benzene rings is 1. The van der Waals surface area contributed by atoms with E-state index in [1.54, 1.807) is 30.1 Å². The van der Waals surface area contributed by atoms with Gasteiger partial charge in [-0.15, -0.1) is 0 Å². The van der Waals surface area contributed by atoms with Crippen LogP contribution in [-0.2, 0) is 4.79 Å². The van der Waals surface area contributed by atoms with E-state index in [4.69, 9.17) is 4.74 Å². The molecule has 1 atom stereocenters. The van der Waals surface area contributed by atoms with E-state index in [1.165, 1.54) is 11.3 Å². The second-order valence-corrected chi connectivity index (χ2v) is 5.76. The summed E-state index contributed by atoms with van der Waals surface area (Å²) in [5, 5.41) is 7.49. The number of thiazole rings is 1. The third-order valence-electron chi connectivity index (χ3n) is 3.20. The largest absolute Gasteiger partial charge is 0.494 e. The lowest BCUT2D eigenvalue weighted by atomic mass is 10.3. The summed E-state index contributed by atoms with van der Waals surface area (Å²) in [5.41, 5.74) is 0.843. The zero-order valence-corrected chi connectivity index (χ0v) is 13.1. The first kappa shape index (κ1) is 14.5. The molecule has 3 rings (SSSR count). The molecule has 0 unspecified atom stereocenters. The summed E-state index contributed by atoms with van der Waals surface area (Å²) in [4.78, 5) is 16.6. The fourth-order valence-electron chi connectivity index (χ4n) is 2.05. The standard InChI is InChI=1S/C15H16N4O2S/c1-3-21-11-5-6-12-13(9-11)22-15(17-12)18-14(20)10(2)19-8-4-7-16-19/h4-10H,3H2,1-2H3,(H,17,18,20)/t10-/m0/s1. The molecule has 0 aliphatic carbocycles. The van der Waals surface area contributed by atoms with Crippen LogP contribution in [0.2, 0.25) is 0 Å². The minimum Gasteiger partial charge on any atom is -0.494 e. The number of hydrogen-bond donors (Lipinski definition) is 1. The number of hydrogen-bond acceptors (Lipinski definition) is 5. The molecule has 2 heterocycles. The van der Waals surface area contributed by atoms with Gasteiger partial charge in [0.15, 0.2) is 5.13 Å². The van der Waals surface area contributed by atoms with E-state index in [2.05, 4.69) is 15.4 Å². The van der Waals surface area contributed by atoms with Crippen LogP contribution in [0, 0.1) is 0 Å². The molecule has 1 N–H and O–H groups in total. The van der Waals surface area contributed by atoms with Crippen molar-refractivity contribution in [2.45, 2.75) is 19.9 Å². The number of aromatic nitrogens is 3. The molecule has 114 valence electrons. The van der Waals surface area contributed by atoms with Gasteiger partial charge in [-0.1, -0.05) is 11.3 Å². The van der Waals surface area contributed by atoms with Crippen molar-refractivity contribution in [3.05, 3.63) is 36.7 Å². The maximum absolute atomic E-state index is 12.2. The van der Waals surface area contributed by atoms with Crippen LogP contribution in [0.15, 0.2) is 36.7 Å². The van der Waals surface area contributed by atoms with Gasteiger partial charge in [-0.2, -0.15) is 5.10 Å². The van der Waals surface area contributed by atoms with Crippen LogP contribution in [0.25, 0.3) is 10.2 Å². The summed E-state index contributed by atoms with van der Waals surface area (Å²) >= 11 is 1.43. The van der Waals surface area contributed by atoms with Crippen LogP contribution in [0.3, 0.4) is 0 Å². The van der Waals surface area contributed by atoms with Gasteiger partial charge in [-0.3, -0.25) is 9.48 Å².